The van der Waals surface area contributed by atoms with E-state index >= 15 is 0 Å². The minimum atomic E-state index is -0.264. The highest BCUT2D eigenvalue weighted by Gasteiger charge is 2.41. The molecule has 1 N–H and O–H groups in total. The number of rotatable bonds is 9. The molecule has 8 heteroatoms. The van der Waals surface area contributed by atoms with Crippen LogP contribution in [0.15, 0.2) is 88.8 Å². The molecule has 0 bridgehead atoms. The molecule has 1 saturated heterocycles. The lowest BCUT2D eigenvalue weighted by molar-refractivity contribution is -0.125. The number of amides is 2. The summed E-state index contributed by atoms with van der Waals surface area (Å²) in [5.41, 5.74) is 2.34. The number of ether oxygens (including phenoxy) is 2. The molecule has 212 valence electrons. The van der Waals surface area contributed by atoms with Crippen LogP contribution in [0.2, 0.25) is 0 Å². The van der Waals surface area contributed by atoms with Gasteiger partial charge in [-0.1, -0.05) is 62.2 Å². The summed E-state index contributed by atoms with van der Waals surface area (Å²) in [5, 5.41) is 3.54. The van der Waals surface area contributed by atoms with E-state index in [4.69, 9.17) is 14.5 Å². The summed E-state index contributed by atoms with van der Waals surface area (Å²) in [6.07, 6.45) is 6.29. The molecule has 0 unspecified atom stereocenters. The maximum absolute atomic E-state index is 13.8. The second-order valence-corrected chi connectivity index (χ2v) is 11.2. The van der Waals surface area contributed by atoms with Gasteiger partial charge in [-0.25, -0.2) is 4.99 Å². The van der Waals surface area contributed by atoms with Crippen molar-refractivity contribution < 1.29 is 19.1 Å². The van der Waals surface area contributed by atoms with Crippen LogP contribution < -0.4 is 14.8 Å². The van der Waals surface area contributed by atoms with Crippen LogP contribution in [0.5, 0.6) is 11.5 Å². The third-order valence-electron chi connectivity index (χ3n) is 7.20. The number of amidine groups is 1. The second kappa shape index (κ2) is 13.5. The van der Waals surface area contributed by atoms with Gasteiger partial charge in [0.05, 0.1) is 17.2 Å². The monoisotopic (exact) mass is 569 g/mol. The van der Waals surface area contributed by atoms with Crippen molar-refractivity contribution in [2.75, 3.05) is 18.5 Å². The number of nitrogens with zero attached hydrogens (tertiary/aromatic N) is 2. The number of hydrogen-bond donors (Lipinski definition) is 1. The molecule has 0 aromatic heterocycles. The Morgan fingerprint density at radius 2 is 1.73 bits per heavy atom. The van der Waals surface area contributed by atoms with Crippen molar-refractivity contribution in [3.63, 3.8) is 0 Å². The third kappa shape index (κ3) is 7.19. The fourth-order valence-electron chi connectivity index (χ4n) is 5.17. The highest BCUT2D eigenvalue weighted by atomic mass is 32.2. The van der Waals surface area contributed by atoms with Gasteiger partial charge in [0, 0.05) is 11.7 Å². The molecule has 41 heavy (non-hydrogen) atoms. The molecule has 2 amide bonds. The van der Waals surface area contributed by atoms with Gasteiger partial charge in [0.1, 0.15) is 0 Å². The van der Waals surface area contributed by atoms with E-state index in [0.29, 0.717) is 34.6 Å². The molecule has 1 heterocycles. The zero-order chi connectivity index (χ0) is 28.6. The summed E-state index contributed by atoms with van der Waals surface area (Å²) >= 11 is 1.41. The van der Waals surface area contributed by atoms with E-state index < -0.39 is 0 Å². The first-order chi connectivity index (χ1) is 20.0. The highest BCUT2D eigenvalue weighted by Crippen LogP contribution is 2.40. The Hall–Kier alpha value is -4.04. The van der Waals surface area contributed by atoms with E-state index in [2.05, 4.69) is 12.2 Å². The number of carbonyl (C=O) groups excluding carboxylic acids is 2. The van der Waals surface area contributed by atoms with Crippen LogP contribution in [0.1, 0.15) is 45.1 Å². The number of para-hydroxylation sites is 2. The van der Waals surface area contributed by atoms with Gasteiger partial charge in [-0.15, -0.1) is 0 Å². The lowest BCUT2D eigenvalue weighted by atomic mass is 9.85. The van der Waals surface area contributed by atoms with Gasteiger partial charge >= 0.3 is 0 Å². The Morgan fingerprint density at radius 3 is 2.46 bits per heavy atom. The molecule has 2 fully saturated rings. The molecule has 0 radical (unpaired) electrons. The van der Waals surface area contributed by atoms with Crippen molar-refractivity contribution >= 4 is 46.2 Å². The van der Waals surface area contributed by atoms with E-state index in [1.807, 2.05) is 90.7 Å². The molecule has 1 aliphatic heterocycles. The Morgan fingerprint density at radius 1 is 1.00 bits per heavy atom. The van der Waals surface area contributed by atoms with Crippen molar-refractivity contribution in [3.05, 3.63) is 89.3 Å². The van der Waals surface area contributed by atoms with Gasteiger partial charge in [-0.05, 0) is 85.5 Å². The number of aliphatic imine (C=N–C) groups is 1. The Bertz CT molecular complexity index is 1420. The van der Waals surface area contributed by atoms with Gasteiger partial charge in [0.2, 0.25) is 0 Å². The first kappa shape index (κ1) is 28.5. The normalized spacial score (nSPS) is 20.8. The quantitative estimate of drug-likeness (QED) is 0.274. The van der Waals surface area contributed by atoms with Crippen LogP contribution in [0, 0.1) is 5.92 Å². The summed E-state index contributed by atoms with van der Waals surface area (Å²) in [6, 6.07) is 24.6. The number of benzene rings is 3. The molecule has 1 saturated carbocycles. The zero-order valence-electron chi connectivity index (χ0n) is 23.4. The fourth-order valence-corrected chi connectivity index (χ4v) is 6.21. The average Bonchev–Trinajstić information content (AvgIpc) is 3.27. The summed E-state index contributed by atoms with van der Waals surface area (Å²) in [7, 11) is 0. The molecular weight excluding hydrogens is 534 g/mol. The van der Waals surface area contributed by atoms with Crippen molar-refractivity contribution in [1.82, 2.24) is 4.90 Å². The number of nitrogens with one attached hydrogen (secondary N) is 1. The second-order valence-electron chi connectivity index (χ2n) is 10.2. The topological polar surface area (TPSA) is 80.2 Å². The van der Waals surface area contributed by atoms with Crippen LogP contribution in [-0.2, 0) is 9.59 Å². The molecule has 5 rings (SSSR count). The van der Waals surface area contributed by atoms with E-state index in [0.717, 1.165) is 35.7 Å². The molecule has 3 aromatic carbocycles. The van der Waals surface area contributed by atoms with Crippen LogP contribution in [0.4, 0.5) is 11.4 Å². The SMILES string of the molecule is CCOc1cc(/C=C2\SC(=Nc3ccccc3)N([C@@H]3CCCC[C@H]3C)C2=O)ccc1OCC(=O)Nc1ccccc1. The third-order valence-corrected chi connectivity index (χ3v) is 8.18. The lowest BCUT2D eigenvalue weighted by Gasteiger charge is -2.35. The number of hydrogen-bond acceptors (Lipinski definition) is 6. The van der Waals surface area contributed by atoms with Crippen molar-refractivity contribution in [1.29, 1.82) is 0 Å². The molecule has 3 aromatic rings. The lowest BCUT2D eigenvalue weighted by Crippen LogP contribution is -2.44. The fraction of sp³-hybridized carbons (Fsp3) is 0.303. The molecule has 1 aliphatic carbocycles. The predicted molar refractivity (Wildman–Crippen MR) is 166 cm³/mol. The molecule has 2 aliphatic rings. The van der Waals surface area contributed by atoms with Crippen LogP contribution in [-0.4, -0.2) is 41.1 Å². The van der Waals surface area contributed by atoms with Gasteiger partial charge in [0.15, 0.2) is 23.3 Å². The Kier molecular flexibility index (Phi) is 9.41. The van der Waals surface area contributed by atoms with E-state index in [1.54, 1.807) is 6.07 Å². The maximum Gasteiger partial charge on any atom is 0.267 e. The zero-order valence-corrected chi connectivity index (χ0v) is 24.2. The molecule has 0 spiro atoms. The first-order valence-corrected chi connectivity index (χ1v) is 14.9. The first-order valence-electron chi connectivity index (χ1n) is 14.1. The van der Waals surface area contributed by atoms with Crippen molar-refractivity contribution in [2.24, 2.45) is 10.9 Å². The number of carbonyl (C=O) groups is 2. The van der Waals surface area contributed by atoms with Crippen molar-refractivity contribution in [2.45, 2.75) is 45.6 Å². The van der Waals surface area contributed by atoms with Gasteiger partial charge in [0.25, 0.3) is 11.8 Å². The summed E-state index contributed by atoms with van der Waals surface area (Å²) in [6.45, 7) is 4.40. The average molecular weight is 570 g/mol. The number of anilines is 1. The van der Waals surface area contributed by atoms with Crippen LogP contribution in [0.3, 0.4) is 0 Å². The van der Waals surface area contributed by atoms with Crippen LogP contribution in [0.25, 0.3) is 6.08 Å². The minimum absolute atomic E-state index is 0.0145. The Balaban J connectivity index is 1.37. The molecular formula is C33H35N3O4S. The summed E-state index contributed by atoms with van der Waals surface area (Å²) < 4.78 is 11.6. The molecule has 2 atom stereocenters. The predicted octanol–water partition coefficient (Wildman–Crippen LogP) is 7.29. The van der Waals surface area contributed by atoms with Crippen molar-refractivity contribution in [3.8, 4) is 11.5 Å². The molecule has 7 nitrogen and oxygen atoms in total. The number of thioether (sulfide) groups is 1. The van der Waals surface area contributed by atoms with E-state index in [-0.39, 0.29) is 24.5 Å². The highest BCUT2D eigenvalue weighted by molar-refractivity contribution is 8.18. The smallest absolute Gasteiger partial charge is 0.267 e. The maximum atomic E-state index is 13.8. The minimum Gasteiger partial charge on any atom is -0.490 e. The van der Waals surface area contributed by atoms with E-state index in [9.17, 15) is 9.59 Å². The van der Waals surface area contributed by atoms with E-state index in [1.165, 1.54) is 18.2 Å². The Labute approximate surface area is 245 Å². The summed E-state index contributed by atoms with van der Waals surface area (Å²) in [5.74, 6) is 1.11. The van der Waals surface area contributed by atoms with Gasteiger partial charge in [-0.3, -0.25) is 14.5 Å². The van der Waals surface area contributed by atoms with Gasteiger partial charge < -0.3 is 14.8 Å². The van der Waals surface area contributed by atoms with Crippen LogP contribution >= 0.6 is 11.8 Å². The van der Waals surface area contributed by atoms with Gasteiger partial charge in [-0.2, -0.15) is 0 Å². The summed E-state index contributed by atoms with van der Waals surface area (Å²) in [4.78, 5) is 33.6. The standard InChI is InChI=1S/C33H35N3O4S/c1-3-39-29-20-24(18-19-28(29)40-22-31(37)34-25-13-6-4-7-14-25)21-30-32(38)36(27-17-11-10-12-23(27)2)33(41-30)35-26-15-8-5-9-16-26/h4-9,13-16,18-21,23,27H,3,10-12,17,22H2,1-2H3,(H,34,37)/b30-21-,35-33?/t23-,27-/m1/s1. The largest absolute Gasteiger partial charge is 0.490 e.